The van der Waals surface area contributed by atoms with Gasteiger partial charge in [0.15, 0.2) is 0 Å². The minimum absolute atomic E-state index is 0.0265. The van der Waals surface area contributed by atoms with Gasteiger partial charge in [-0.05, 0) is 79.6 Å². The molecule has 4 aromatic carbocycles. The number of carbonyl (C=O) groups excluding carboxylic acids is 1. The Morgan fingerprint density at radius 3 is 2.18 bits per heavy atom. The van der Waals surface area contributed by atoms with Crippen molar-refractivity contribution in [2.24, 2.45) is 15.2 Å². The van der Waals surface area contributed by atoms with Crippen molar-refractivity contribution in [3.05, 3.63) is 112 Å². The minimum atomic E-state index is -0.542. The van der Waals surface area contributed by atoms with E-state index in [1.807, 2.05) is 0 Å². The number of nitro groups is 1. The van der Waals surface area contributed by atoms with Crippen LogP contribution in [0.2, 0.25) is 0 Å². The third kappa shape index (κ3) is 9.82. The Labute approximate surface area is 262 Å². The molecule has 0 aliphatic heterocycles. The van der Waals surface area contributed by atoms with Gasteiger partial charge in [-0.15, -0.1) is 0 Å². The molecule has 0 saturated carbocycles. The number of phenols is 1. The second kappa shape index (κ2) is 16.5. The maximum atomic E-state index is 13.0. The van der Waals surface area contributed by atoms with E-state index in [0.29, 0.717) is 51.9 Å². The first-order valence-electron chi connectivity index (χ1n) is 14.9. The summed E-state index contributed by atoms with van der Waals surface area (Å²) in [4.78, 5) is 27.8. The fourth-order valence-electron chi connectivity index (χ4n) is 4.42. The Morgan fingerprint density at radius 2 is 1.51 bits per heavy atom. The summed E-state index contributed by atoms with van der Waals surface area (Å²) in [6.07, 6.45) is 8.63. The van der Waals surface area contributed by atoms with E-state index in [9.17, 15) is 20.0 Å². The highest BCUT2D eigenvalue weighted by molar-refractivity contribution is 5.94. The van der Waals surface area contributed by atoms with Crippen molar-refractivity contribution in [3.63, 3.8) is 0 Å². The van der Waals surface area contributed by atoms with Crippen LogP contribution < -0.4 is 9.47 Å². The average Bonchev–Trinajstić information content (AvgIpc) is 3.04. The van der Waals surface area contributed by atoms with Crippen molar-refractivity contribution in [2.75, 3.05) is 6.61 Å². The van der Waals surface area contributed by atoms with E-state index < -0.39 is 10.9 Å². The van der Waals surface area contributed by atoms with E-state index in [2.05, 4.69) is 22.1 Å². The third-order valence-electron chi connectivity index (χ3n) is 7.03. The van der Waals surface area contributed by atoms with Gasteiger partial charge in [-0.3, -0.25) is 15.1 Å². The number of non-ortho nitro benzene ring substituents is 1. The molecule has 0 saturated heterocycles. The molecule has 0 atom stereocenters. The molecule has 0 unspecified atom stereocenters. The van der Waals surface area contributed by atoms with Crippen LogP contribution in [-0.2, 0) is 0 Å². The molecule has 0 spiro atoms. The highest BCUT2D eigenvalue weighted by Crippen LogP contribution is 2.27. The number of rotatable bonds is 15. The van der Waals surface area contributed by atoms with Gasteiger partial charge in [0.1, 0.15) is 17.2 Å². The molecule has 4 aromatic rings. The van der Waals surface area contributed by atoms with Crippen molar-refractivity contribution in [1.29, 1.82) is 0 Å². The quantitative estimate of drug-likeness (QED) is 0.0271. The number of aliphatic imine (C=N–C) groups is 1. The van der Waals surface area contributed by atoms with Gasteiger partial charge in [-0.25, -0.2) is 4.79 Å². The van der Waals surface area contributed by atoms with Gasteiger partial charge < -0.3 is 14.6 Å². The summed E-state index contributed by atoms with van der Waals surface area (Å²) in [5, 5.41) is 29.5. The molecule has 0 fully saturated rings. The number of unbranched alkanes of at least 4 members (excludes halogenated alkanes) is 5. The molecule has 1 N–H and O–H groups in total. The van der Waals surface area contributed by atoms with Gasteiger partial charge >= 0.3 is 5.97 Å². The second-order valence-corrected chi connectivity index (χ2v) is 10.4. The van der Waals surface area contributed by atoms with Gasteiger partial charge in [0, 0.05) is 30.0 Å². The van der Waals surface area contributed by atoms with Gasteiger partial charge in [0.05, 0.1) is 34.2 Å². The summed E-state index contributed by atoms with van der Waals surface area (Å²) in [5.41, 5.74) is 3.03. The van der Waals surface area contributed by atoms with Crippen molar-refractivity contribution in [1.82, 2.24) is 0 Å². The Morgan fingerprint density at radius 1 is 0.867 bits per heavy atom. The summed E-state index contributed by atoms with van der Waals surface area (Å²) < 4.78 is 11.4. The van der Waals surface area contributed by atoms with Crippen LogP contribution in [0.4, 0.5) is 22.7 Å². The van der Waals surface area contributed by atoms with Crippen LogP contribution in [0.15, 0.2) is 100 Å². The van der Waals surface area contributed by atoms with Crippen molar-refractivity contribution in [2.45, 2.75) is 52.4 Å². The zero-order valence-electron chi connectivity index (χ0n) is 25.4. The molecule has 0 aromatic heterocycles. The third-order valence-corrected chi connectivity index (χ3v) is 7.03. The molecule has 0 radical (unpaired) electrons. The van der Waals surface area contributed by atoms with Crippen LogP contribution in [-0.4, -0.2) is 28.8 Å². The Bertz CT molecular complexity index is 1650. The molecule has 0 aliphatic carbocycles. The van der Waals surface area contributed by atoms with E-state index >= 15 is 0 Å². The maximum Gasteiger partial charge on any atom is 0.343 e. The number of aromatic hydroxyl groups is 1. The number of benzene rings is 4. The number of nitro benzene ring substituents is 1. The zero-order valence-corrected chi connectivity index (χ0v) is 25.4. The number of phenolic OH excluding ortho intramolecular Hbond substituents is 1. The van der Waals surface area contributed by atoms with Crippen LogP contribution >= 0.6 is 0 Å². The number of esters is 1. The molecule has 232 valence electrons. The van der Waals surface area contributed by atoms with Crippen molar-refractivity contribution in [3.8, 4) is 17.2 Å². The highest BCUT2D eigenvalue weighted by atomic mass is 16.6. The van der Waals surface area contributed by atoms with Crippen LogP contribution in [0.5, 0.6) is 17.2 Å². The summed E-state index contributed by atoms with van der Waals surface area (Å²) >= 11 is 0. The maximum absolute atomic E-state index is 13.0. The number of carbonyl (C=O) groups is 1. The van der Waals surface area contributed by atoms with Gasteiger partial charge in [-0.1, -0.05) is 45.1 Å². The molecule has 10 heteroatoms. The number of hydrogen-bond acceptors (Lipinski definition) is 9. The highest BCUT2D eigenvalue weighted by Gasteiger charge is 2.14. The number of azo groups is 1. The molecule has 0 heterocycles. The lowest BCUT2D eigenvalue weighted by molar-refractivity contribution is -0.384. The first kappa shape index (κ1) is 32.5. The van der Waals surface area contributed by atoms with E-state index in [0.717, 1.165) is 12.8 Å². The molecule has 45 heavy (non-hydrogen) atoms. The first-order valence-corrected chi connectivity index (χ1v) is 14.9. The predicted molar refractivity (Wildman–Crippen MR) is 174 cm³/mol. The smallest absolute Gasteiger partial charge is 0.343 e. The first-order chi connectivity index (χ1) is 21.8. The summed E-state index contributed by atoms with van der Waals surface area (Å²) in [6.45, 7) is 4.60. The van der Waals surface area contributed by atoms with E-state index in [1.165, 1.54) is 49.9 Å². The SMILES string of the molecule is CCCCCCCCOc1ccc(C=Nc2cccc(C(=O)Oc3ccc(N=Nc4ccc([N+](=O)[O-])cc4)cc3)c2C)c(O)c1. The molecule has 10 nitrogen and oxygen atoms in total. The van der Waals surface area contributed by atoms with Gasteiger partial charge in [0.25, 0.3) is 5.69 Å². The molecular formula is C35H36N4O6. The van der Waals surface area contributed by atoms with Gasteiger partial charge in [0.2, 0.25) is 0 Å². The number of nitrogens with zero attached hydrogens (tertiary/aromatic N) is 4. The largest absolute Gasteiger partial charge is 0.507 e. The lowest BCUT2D eigenvalue weighted by atomic mass is 10.1. The fourth-order valence-corrected chi connectivity index (χ4v) is 4.42. The van der Waals surface area contributed by atoms with E-state index in [-0.39, 0.29) is 11.4 Å². The van der Waals surface area contributed by atoms with Crippen LogP contribution in [0.3, 0.4) is 0 Å². The Balaban J connectivity index is 1.33. The standard InChI is InChI=1S/C35H36N4O6/c1-3-4-5-6-7-8-22-44-31-19-12-26(34(40)23-31)24-36-33-11-9-10-32(25(33)2)35(41)45-30-20-15-28(16-21-30)38-37-27-13-17-29(18-14-27)39(42)43/h9-21,23-24,40H,3-8,22H2,1-2H3. The van der Waals surface area contributed by atoms with Crippen LogP contribution in [0.25, 0.3) is 0 Å². The Hall–Kier alpha value is -5.38. The normalized spacial score (nSPS) is 11.2. The molecule has 4 rings (SSSR count). The molecule has 0 bridgehead atoms. The minimum Gasteiger partial charge on any atom is -0.507 e. The summed E-state index contributed by atoms with van der Waals surface area (Å²) in [5.74, 6) is 0.452. The van der Waals surface area contributed by atoms with Crippen molar-refractivity contribution < 1.29 is 24.3 Å². The number of hydrogen-bond donors (Lipinski definition) is 1. The second-order valence-electron chi connectivity index (χ2n) is 10.4. The zero-order chi connectivity index (χ0) is 32.0. The van der Waals surface area contributed by atoms with Crippen molar-refractivity contribution >= 4 is 34.9 Å². The van der Waals surface area contributed by atoms with E-state index in [4.69, 9.17) is 9.47 Å². The monoisotopic (exact) mass is 608 g/mol. The molecule has 0 aliphatic rings. The predicted octanol–water partition coefficient (Wildman–Crippen LogP) is 9.73. The fraction of sp³-hybridized carbons (Fsp3) is 0.257. The number of ether oxygens (including phenoxy) is 2. The lowest BCUT2D eigenvalue weighted by Crippen LogP contribution is -2.10. The molecule has 0 amide bonds. The topological polar surface area (TPSA) is 136 Å². The van der Waals surface area contributed by atoms with Crippen LogP contribution in [0, 0.1) is 17.0 Å². The van der Waals surface area contributed by atoms with Gasteiger partial charge in [-0.2, -0.15) is 10.2 Å². The summed E-state index contributed by atoms with van der Waals surface area (Å²) in [6, 6.07) is 22.5. The molecular weight excluding hydrogens is 572 g/mol. The lowest BCUT2D eigenvalue weighted by Gasteiger charge is -2.09. The Kier molecular flexibility index (Phi) is 11.9. The average molecular weight is 609 g/mol. The summed E-state index contributed by atoms with van der Waals surface area (Å²) in [7, 11) is 0. The van der Waals surface area contributed by atoms with E-state index in [1.54, 1.807) is 73.8 Å². The van der Waals surface area contributed by atoms with Crippen LogP contribution in [0.1, 0.15) is 66.9 Å².